The molecular weight excluding hydrogens is 260 g/mol. The number of aliphatic hydroxyl groups is 3. The Balaban J connectivity index is 2.25. The lowest BCUT2D eigenvalue weighted by atomic mass is 9.45. The molecule has 3 aliphatic rings. The zero-order valence-corrected chi connectivity index (χ0v) is 12.1. The molecule has 0 bridgehead atoms. The second kappa shape index (κ2) is 3.84. The van der Waals surface area contributed by atoms with E-state index >= 15 is 0 Å². The molecule has 0 aromatic heterocycles. The molecule has 112 valence electrons. The molecule has 5 heteroatoms. The lowest BCUT2D eigenvalue weighted by Gasteiger charge is -2.60. The lowest BCUT2D eigenvalue weighted by Crippen LogP contribution is -2.69. The van der Waals surface area contributed by atoms with Gasteiger partial charge in [-0.1, -0.05) is 20.8 Å². The van der Waals surface area contributed by atoms with Gasteiger partial charge in [-0.15, -0.1) is 0 Å². The van der Waals surface area contributed by atoms with Crippen molar-refractivity contribution >= 4 is 5.97 Å². The first kappa shape index (κ1) is 14.0. The minimum absolute atomic E-state index is 0.0121. The highest BCUT2D eigenvalue weighted by Gasteiger charge is 2.71. The van der Waals surface area contributed by atoms with Crippen molar-refractivity contribution < 1.29 is 24.9 Å². The van der Waals surface area contributed by atoms with Gasteiger partial charge in [-0.25, -0.2) is 4.79 Å². The molecule has 2 aliphatic carbocycles. The third kappa shape index (κ3) is 1.36. The Morgan fingerprint density at radius 1 is 1.30 bits per heavy atom. The number of aliphatic hydroxyl groups excluding tert-OH is 2. The lowest BCUT2D eigenvalue weighted by molar-refractivity contribution is -0.220. The number of hydrogen-bond acceptors (Lipinski definition) is 5. The van der Waals surface area contributed by atoms with Gasteiger partial charge in [0, 0.05) is 16.9 Å². The SMILES string of the molecule is CC1(C)CCC(O)C2(C)C1C(O)C=C1COC(=O)C12O. The molecule has 3 N–H and O–H groups in total. The van der Waals surface area contributed by atoms with Crippen LogP contribution in [0.2, 0.25) is 0 Å². The molecule has 1 heterocycles. The summed E-state index contributed by atoms with van der Waals surface area (Å²) in [7, 11) is 0. The van der Waals surface area contributed by atoms with Crippen molar-refractivity contribution in [3.63, 3.8) is 0 Å². The number of carbonyl (C=O) groups is 1. The van der Waals surface area contributed by atoms with Crippen LogP contribution in [0.15, 0.2) is 11.6 Å². The van der Waals surface area contributed by atoms with Crippen LogP contribution in [0.5, 0.6) is 0 Å². The molecule has 0 aromatic rings. The minimum Gasteiger partial charge on any atom is -0.459 e. The highest BCUT2D eigenvalue weighted by atomic mass is 16.6. The van der Waals surface area contributed by atoms with Crippen molar-refractivity contribution in [2.75, 3.05) is 6.61 Å². The van der Waals surface area contributed by atoms with Crippen LogP contribution in [0.4, 0.5) is 0 Å². The maximum Gasteiger partial charge on any atom is 0.343 e. The number of cyclic esters (lactones) is 1. The third-order valence-corrected chi connectivity index (χ3v) is 5.85. The van der Waals surface area contributed by atoms with Crippen LogP contribution in [0.1, 0.15) is 33.6 Å². The topological polar surface area (TPSA) is 87.0 Å². The summed E-state index contributed by atoms with van der Waals surface area (Å²) in [6, 6.07) is 0. The van der Waals surface area contributed by atoms with Crippen LogP contribution in [0.25, 0.3) is 0 Å². The Hall–Kier alpha value is -0.910. The molecule has 1 saturated heterocycles. The van der Waals surface area contributed by atoms with E-state index in [0.717, 1.165) is 6.42 Å². The van der Waals surface area contributed by atoms with Gasteiger partial charge >= 0.3 is 5.97 Å². The standard InChI is InChI=1S/C15H22O5/c1-13(2)5-4-10(17)14(3)11(13)9(16)6-8-7-20-12(18)15(8,14)19/h6,9-11,16-17,19H,4-5,7H2,1-3H3. The molecular formula is C15H22O5. The van der Waals surface area contributed by atoms with Crippen LogP contribution in [0, 0.1) is 16.7 Å². The number of carbonyl (C=O) groups excluding carboxylic acids is 1. The molecule has 0 radical (unpaired) electrons. The summed E-state index contributed by atoms with van der Waals surface area (Å²) in [5.74, 6) is -1.11. The van der Waals surface area contributed by atoms with Crippen LogP contribution in [-0.2, 0) is 9.53 Å². The molecule has 3 rings (SSSR count). The van der Waals surface area contributed by atoms with Gasteiger partial charge in [-0.2, -0.15) is 0 Å². The van der Waals surface area contributed by atoms with Gasteiger partial charge in [-0.3, -0.25) is 0 Å². The molecule has 0 spiro atoms. The smallest absolute Gasteiger partial charge is 0.343 e. The predicted molar refractivity (Wildman–Crippen MR) is 70.6 cm³/mol. The van der Waals surface area contributed by atoms with E-state index in [9.17, 15) is 20.1 Å². The summed E-state index contributed by atoms with van der Waals surface area (Å²) >= 11 is 0. The molecule has 5 nitrogen and oxygen atoms in total. The van der Waals surface area contributed by atoms with Gasteiger partial charge in [0.15, 0.2) is 5.60 Å². The van der Waals surface area contributed by atoms with Crippen molar-refractivity contribution in [3.8, 4) is 0 Å². The van der Waals surface area contributed by atoms with E-state index in [1.807, 2.05) is 13.8 Å². The van der Waals surface area contributed by atoms with E-state index in [1.165, 1.54) is 6.08 Å². The zero-order chi connectivity index (χ0) is 14.9. The van der Waals surface area contributed by atoms with E-state index in [0.29, 0.717) is 12.0 Å². The Bertz CT molecular complexity index is 496. The third-order valence-electron chi connectivity index (χ3n) is 5.85. The quantitative estimate of drug-likeness (QED) is 0.441. The van der Waals surface area contributed by atoms with Crippen LogP contribution in [0.3, 0.4) is 0 Å². The zero-order valence-electron chi connectivity index (χ0n) is 12.1. The molecule has 0 amide bonds. The van der Waals surface area contributed by atoms with Crippen LogP contribution >= 0.6 is 0 Å². The van der Waals surface area contributed by atoms with E-state index in [4.69, 9.17) is 4.74 Å². The van der Waals surface area contributed by atoms with Gasteiger partial charge in [0.1, 0.15) is 6.61 Å². The number of rotatable bonds is 0. The highest BCUT2D eigenvalue weighted by Crippen LogP contribution is 2.62. The average Bonchev–Trinajstić information content (AvgIpc) is 2.63. The number of fused-ring (bicyclic) bond motifs is 3. The van der Waals surface area contributed by atoms with E-state index < -0.39 is 35.1 Å². The van der Waals surface area contributed by atoms with Gasteiger partial charge in [0.2, 0.25) is 0 Å². The highest BCUT2D eigenvalue weighted by molar-refractivity contribution is 5.88. The van der Waals surface area contributed by atoms with E-state index in [-0.39, 0.29) is 12.0 Å². The molecule has 5 unspecified atom stereocenters. The van der Waals surface area contributed by atoms with Gasteiger partial charge < -0.3 is 20.1 Å². The normalized spacial score (nSPS) is 50.0. The fourth-order valence-electron chi connectivity index (χ4n) is 4.79. The summed E-state index contributed by atoms with van der Waals surface area (Å²) in [6.45, 7) is 5.70. The predicted octanol–water partition coefficient (Wildman–Crippen LogP) is 0.379. The second-order valence-corrected chi connectivity index (χ2v) is 7.27. The Morgan fingerprint density at radius 3 is 2.60 bits per heavy atom. The monoisotopic (exact) mass is 282 g/mol. The summed E-state index contributed by atoms with van der Waals surface area (Å²) < 4.78 is 5.00. The minimum atomic E-state index is -1.83. The second-order valence-electron chi connectivity index (χ2n) is 7.27. The van der Waals surface area contributed by atoms with Gasteiger partial charge in [0.05, 0.1) is 12.2 Å². The van der Waals surface area contributed by atoms with Crippen LogP contribution in [-0.4, -0.2) is 45.7 Å². The van der Waals surface area contributed by atoms with Gasteiger partial charge in [0.25, 0.3) is 0 Å². The largest absolute Gasteiger partial charge is 0.459 e. The summed E-state index contributed by atoms with van der Waals surface area (Å²) in [5, 5.41) is 32.1. The van der Waals surface area contributed by atoms with Crippen molar-refractivity contribution in [1.29, 1.82) is 0 Å². The summed E-state index contributed by atoms with van der Waals surface area (Å²) in [5.41, 5.74) is -2.86. The first-order valence-electron chi connectivity index (χ1n) is 7.12. The summed E-state index contributed by atoms with van der Waals surface area (Å²) in [4.78, 5) is 12.1. The van der Waals surface area contributed by atoms with Crippen molar-refractivity contribution in [1.82, 2.24) is 0 Å². The van der Waals surface area contributed by atoms with E-state index in [1.54, 1.807) is 6.92 Å². The molecule has 0 aromatic carbocycles. The first-order valence-corrected chi connectivity index (χ1v) is 7.12. The fraction of sp³-hybridized carbons (Fsp3) is 0.800. The maximum absolute atomic E-state index is 12.1. The molecule has 5 atom stereocenters. The Kier molecular flexibility index (Phi) is 2.70. The van der Waals surface area contributed by atoms with Crippen molar-refractivity contribution in [3.05, 3.63) is 11.6 Å². The Labute approximate surface area is 118 Å². The Morgan fingerprint density at radius 2 is 1.95 bits per heavy atom. The maximum atomic E-state index is 12.1. The van der Waals surface area contributed by atoms with Crippen LogP contribution < -0.4 is 0 Å². The number of esters is 1. The van der Waals surface area contributed by atoms with Crippen molar-refractivity contribution in [2.24, 2.45) is 16.7 Å². The fourth-order valence-corrected chi connectivity index (χ4v) is 4.79. The average molecular weight is 282 g/mol. The van der Waals surface area contributed by atoms with Crippen molar-refractivity contribution in [2.45, 2.75) is 51.4 Å². The molecule has 1 saturated carbocycles. The molecule has 2 fully saturated rings. The van der Waals surface area contributed by atoms with Gasteiger partial charge in [-0.05, 0) is 24.3 Å². The number of hydrogen-bond donors (Lipinski definition) is 3. The molecule has 20 heavy (non-hydrogen) atoms. The first-order chi connectivity index (χ1) is 9.15. The number of ether oxygens (including phenoxy) is 1. The molecule has 1 aliphatic heterocycles. The summed E-state index contributed by atoms with van der Waals surface area (Å²) in [6.07, 6.45) is 1.12. The van der Waals surface area contributed by atoms with E-state index in [2.05, 4.69) is 0 Å².